The summed E-state index contributed by atoms with van der Waals surface area (Å²) in [6.45, 7) is 5.69. The van der Waals surface area contributed by atoms with Gasteiger partial charge in [-0.15, -0.1) is 21.5 Å². The van der Waals surface area contributed by atoms with Crippen LogP contribution in [0.4, 0.5) is 5.95 Å². The Hall–Kier alpha value is -1.62. The molecule has 0 spiro atoms. The van der Waals surface area contributed by atoms with Crippen molar-refractivity contribution in [3.8, 4) is 5.00 Å². The summed E-state index contributed by atoms with van der Waals surface area (Å²) in [5.41, 5.74) is 7.20. The lowest BCUT2D eigenvalue weighted by molar-refractivity contribution is -0.0385. The Morgan fingerprint density at radius 1 is 1.30 bits per heavy atom. The number of ether oxygens (including phenoxy) is 1. The number of aromatic nitrogens is 3. The number of nitrogens with zero attached hydrogens (tertiary/aromatic N) is 4. The number of hydrogen-bond donors (Lipinski definition) is 2. The maximum Gasteiger partial charge on any atom is 0.249 e. The third-order valence-electron chi connectivity index (χ3n) is 5.70. The molecule has 5 heterocycles. The zero-order valence-electron chi connectivity index (χ0n) is 16.6. The monoisotopic (exact) mass is 460 g/mol. The number of hydrogen-bond acceptors (Lipinski definition) is 8. The van der Waals surface area contributed by atoms with Crippen LogP contribution >= 0.6 is 34.7 Å². The van der Waals surface area contributed by atoms with Gasteiger partial charge in [0, 0.05) is 27.6 Å². The predicted octanol–water partition coefficient (Wildman–Crippen LogP) is 4.01. The molecule has 1 saturated heterocycles. The van der Waals surface area contributed by atoms with Crippen LogP contribution in [0.5, 0.6) is 0 Å². The van der Waals surface area contributed by atoms with E-state index >= 15 is 0 Å². The Kier molecular flexibility index (Phi) is 4.42. The van der Waals surface area contributed by atoms with Gasteiger partial charge in [-0.2, -0.15) is 0 Å². The Morgan fingerprint density at radius 3 is 2.97 bits per heavy atom. The first kappa shape index (κ1) is 19.1. The molecule has 7 nitrogen and oxygen atoms in total. The number of hydrazine groups is 1. The van der Waals surface area contributed by atoms with E-state index in [9.17, 15) is 0 Å². The normalized spacial score (nSPS) is 21.2. The Morgan fingerprint density at radius 2 is 2.13 bits per heavy atom. The van der Waals surface area contributed by atoms with Crippen molar-refractivity contribution in [2.24, 2.45) is 0 Å². The summed E-state index contributed by atoms with van der Waals surface area (Å²) in [5, 5.41) is 17.6. The second-order valence-corrected chi connectivity index (χ2v) is 10.8. The molecule has 0 bridgehead atoms. The maximum atomic E-state index is 6.10. The van der Waals surface area contributed by atoms with Gasteiger partial charge in [0.25, 0.3) is 0 Å². The lowest BCUT2D eigenvalue weighted by Crippen LogP contribution is -2.40. The van der Waals surface area contributed by atoms with Crippen LogP contribution in [0, 0.1) is 0 Å². The summed E-state index contributed by atoms with van der Waals surface area (Å²) >= 11 is 9.52. The highest BCUT2D eigenvalue weighted by atomic mass is 35.5. The minimum atomic E-state index is -0.154. The lowest BCUT2D eigenvalue weighted by atomic mass is 9.92. The topological polar surface area (TPSA) is 67.2 Å². The van der Waals surface area contributed by atoms with Crippen LogP contribution in [0.3, 0.4) is 0 Å². The van der Waals surface area contributed by atoms with Crippen LogP contribution in [-0.4, -0.2) is 27.0 Å². The molecule has 3 aliphatic rings. The van der Waals surface area contributed by atoms with Gasteiger partial charge in [-0.3, -0.25) is 10.3 Å². The van der Waals surface area contributed by atoms with Gasteiger partial charge in [0.2, 0.25) is 5.95 Å². The van der Waals surface area contributed by atoms with Crippen LogP contribution in [0.1, 0.15) is 41.6 Å². The van der Waals surface area contributed by atoms with Crippen LogP contribution in [0.2, 0.25) is 5.02 Å². The molecular formula is C20H21ClN6OS2. The van der Waals surface area contributed by atoms with Gasteiger partial charge in [0.15, 0.2) is 5.16 Å². The molecule has 2 aromatic heterocycles. The van der Waals surface area contributed by atoms with Crippen molar-refractivity contribution < 1.29 is 4.74 Å². The molecule has 3 aliphatic heterocycles. The molecule has 2 N–H and O–H groups in total. The van der Waals surface area contributed by atoms with Gasteiger partial charge >= 0.3 is 0 Å². The van der Waals surface area contributed by atoms with Gasteiger partial charge in [-0.25, -0.2) is 9.99 Å². The van der Waals surface area contributed by atoms with Crippen LogP contribution < -0.4 is 15.8 Å². The van der Waals surface area contributed by atoms with E-state index < -0.39 is 0 Å². The zero-order valence-corrected chi connectivity index (χ0v) is 19.0. The summed E-state index contributed by atoms with van der Waals surface area (Å²) in [4.78, 5) is 1.31. The molecule has 1 aromatic carbocycles. The summed E-state index contributed by atoms with van der Waals surface area (Å²) in [5.74, 6) is 1.64. The molecule has 1 fully saturated rings. The largest absolute Gasteiger partial charge is 0.370 e. The number of benzene rings is 1. The minimum absolute atomic E-state index is 0.0692. The summed E-state index contributed by atoms with van der Waals surface area (Å²) in [7, 11) is 0. The molecule has 156 valence electrons. The smallest absolute Gasteiger partial charge is 0.249 e. The van der Waals surface area contributed by atoms with E-state index in [0.717, 1.165) is 28.3 Å². The number of thioether (sulfide) groups is 1. The van der Waals surface area contributed by atoms with Crippen molar-refractivity contribution in [1.82, 2.24) is 25.5 Å². The Balaban J connectivity index is 1.42. The zero-order chi connectivity index (χ0) is 20.5. The van der Waals surface area contributed by atoms with Crippen molar-refractivity contribution in [2.75, 3.05) is 11.7 Å². The summed E-state index contributed by atoms with van der Waals surface area (Å²) < 4.78 is 8.30. The highest BCUT2D eigenvalue weighted by molar-refractivity contribution is 7.98. The van der Waals surface area contributed by atoms with Gasteiger partial charge in [-0.05, 0) is 37.1 Å². The highest BCUT2D eigenvalue weighted by Gasteiger charge is 2.43. The van der Waals surface area contributed by atoms with E-state index in [1.165, 1.54) is 26.6 Å². The number of halogens is 1. The Labute approximate surface area is 187 Å². The van der Waals surface area contributed by atoms with E-state index in [0.29, 0.717) is 13.3 Å². The molecule has 0 aliphatic carbocycles. The molecule has 6 rings (SSSR count). The van der Waals surface area contributed by atoms with Crippen molar-refractivity contribution in [1.29, 1.82) is 0 Å². The van der Waals surface area contributed by atoms with E-state index in [4.69, 9.17) is 16.3 Å². The third-order valence-corrected chi connectivity index (χ3v) is 8.16. The van der Waals surface area contributed by atoms with E-state index in [2.05, 4.69) is 56.5 Å². The Bertz CT molecular complexity index is 1130. The molecule has 30 heavy (non-hydrogen) atoms. The average molecular weight is 461 g/mol. The number of rotatable bonds is 3. The molecule has 3 aromatic rings. The first-order valence-electron chi connectivity index (χ1n) is 9.88. The maximum absolute atomic E-state index is 6.10. The van der Waals surface area contributed by atoms with Crippen molar-refractivity contribution in [3.05, 3.63) is 50.9 Å². The average Bonchev–Trinajstić information content (AvgIpc) is 3.42. The van der Waals surface area contributed by atoms with Crippen LogP contribution in [0.25, 0.3) is 5.00 Å². The first-order valence-corrected chi connectivity index (χ1v) is 12.1. The lowest BCUT2D eigenvalue weighted by Gasteiger charge is -2.34. The van der Waals surface area contributed by atoms with Gasteiger partial charge in [0.1, 0.15) is 11.2 Å². The fourth-order valence-corrected chi connectivity index (χ4v) is 6.59. The van der Waals surface area contributed by atoms with E-state index in [1.54, 1.807) is 23.1 Å². The van der Waals surface area contributed by atoms with E-state index in [-0.39, 0.29) is 11.8 Å². The van der Waals surface area contributed by atoms with Crippen LogP contribution in [-0.2, 0) is 23.5 Å². The molecule has 1 unspecified atom stereocenters. The second kappa shape index (κ2) is 6.94. The van der Waals surface area contributed by atoms with Gasteiger partial charge < -0.3 is 4.74 Å². The van der Waals surface area contributed by atoms with Crippen molar-refractivity contribution in [3.63, 3.8) is 0 Å². The molecule has 0 amide bonds. The predicted molar refractivity (Wildman–Crippen MR) is 119 cm³/mol. The molecule has 1 atom stereocenters. The van der Waals surface area contributed by atoms with Crippen LogP contribution in [0.15, 0.2) is 29.4 Å². The van der Waals surface area contributed by atoms with Gasteiger partial charge in [0.05, 0.1) is 18.9 Å². The molecule has 0 radical (unpaired) electrons. The molecule has 0 saturated carbocycles. The van der Waals surface area contributed by atoms with Crippen molar-refractivity contribution in [2.45, 2.75) is 49.6 Å². The second-order valence-electron chi connectivity index (χ2n) is 8.29. The van der Waals surface area contributed by atoms with Gasteiger partial charge in [-0.1, -0.05) is 35.5 Å². The fraction of sp³-hybridized carbons (Fsp3) is 0.400. The quantitative estimate of drug-likeness (QED) is 0.572. The number of nitrogens with one attached hydrogen (secondary N) is 2. The summed E-state index contributed by atoms with van der Waals surface area (Å²) in [6, 6.07) is 7.96. The fourth-order valence-electron chi connectivity index (χ4n) is 4.25. The number of thiophene rings is 1. The third kappa shape index (κ3) is 2.99. The standard InChI is InChI=1S/C20H21ClN6OS2/c1-20(2)7-13-14(8-28-20)30-17-15(13)16-22-10-23-27(16)18-24-25-19(26(17)18)29-9-11-3-5-12(21)6-4-11/h3-6,16,22-23H,7-10H2,1-2H3. The number of anilines is 1. The highest BCUT2D eigenvalue weighted by Crippen LogP contribution is 2.48. The molecule has 10 heteroatoms. The van der Waals surface area contributed by atoms with E-state index in [1.807, 2.05) is 12.1 Å². The first-order chi connectivity index (χ1) is 14.5. The summed E-state index contributed by atoms with van der Waals surface area (Å²) in [6.07, 6.45) is 0.977. The number of fused-ring (bicyclic) bond motifs is 8. The van der Waals surface area contributed by atoms with Crippen molar-refractivity contribution >= 4 is 40.6 Å². The SMILES string of the molecule is CC1(C)Cc2c(sc3c2C2NCNN2c2nnc(SCc4ccc(Cl)cc4)n2-3)CO1. The minimum Gasteiger partial charge on any atom is -0.370 e. The molecular weight excluding hydrogens is 440 g/mol.